The maximum Gasteiger partial charge on any atom is 0.416 e. The van der Waals surface area contributed by atoms with Crippen LogP contribution in [0, 0.1) is 28.6 Å². The topological polar surface area (TPSA) is 116 Å². The highest BCUT2D eigenvalue weighted by Gasteiger charge is 2.58. The molecule has 2 unspecified atom stereocenters. The molecule has 41 heavy (non-hydrogen) atoms. The molecule has 6 rings (SSSR count). The molecule has 0 saturated heterocycles. The molecule has 7 nitrogen and oxygen atoms in total. The van der Waals surface area contributed by atoms with Crippen LogP contribution in [0.15, 0.2) is 47.4 Å². The number of nitrogens with zero attached hydrogens (tertiary/aromatic N) is 1. The highest BCUT2D eigenvalue weighted by atomic mass is 32.2. The lowest BCUT2D eigenvalue weighted by atomic mass is 9.47. The van der Waals surface area contributed by atoms with Gasteiger partial charge < -0.3 is 9.88 Å². The molecule has 4 bridgehead atoms. The van der Waals surface area contributed by atoms with Gasteiger partial charge in [0.25, 0.3) is 15.9 Å². The van der Waals surface area contributed by atoms with Crippen LogP contribution in [0.3, 0.4) is 0 Å². The van der Waals surface area contributed by atoms with E-state index in [0.29, 0.717) is 54.8 Å². The first-order valence-electron chi connectivity index (χ1n) is 13.8. The summed E-state index contributed by atoms with van der Waals surface area (Å²) < 4.78 is 82.7. The third kappa shape index (κ3) is 5.53. The normalized spacial score (nSPS) is 27.3. The van der Waals surface area contributed by atoms with E-state index in [2.05, 4.69) is 16.1 Å². The van der Waals surface area contributed by atoms with Crippen molar-refractivity contribution < 1.29 is 30.9 Å². The third-order valence-electron chi connectivity index (χ3n) is 9.15. The Kier molecular flexibility index (Phi) is 7.35. The zero-order chi connectivity index (χ0) is 29.8. The zero-order valence-corrected chi connectivity index (χ0v) is 24.6. The summed E-state index contributed by atoms with van der Waals surface area (Å²) in [6, 6.07) is 10.3. The molecule has 0 heterocycles. The Morgan fingerprint density at radius 1 is 1.05 bits per heavy atom. The van der Waals surface area contributed by atoms with Gasteiger partial charge in [0.2, 0.25) is 0 Å². The van der Waals surface area contributed by atoms with E-state index in [9.17, 15) is 36.2 Å². The van der Waals surface area contributed by atoms with Crippen molar-refractivity contribution in [2.45, 2.75) is 69.0 Å². The number of anilines is 1. The Morgan fingerprint density at radius 2 is 1.66 bits per heavy atom. The van der Waals surface area contributed by atoms with Crippen molar-refractivity contribution in [1.82, 2.24) is 5.32 Å². The summed E-state index contributed by atoms with van der Waals surface area (Å²) in [7, 11) is -7.07. The fourth-order valence-corrected chi connectivity index (χ4v) is 10.5. The van der Waals surface area contributed by atoms with Gasteiger partial charge in [-0.05, 0) is 80.7 Å². The van der Waals surface area contributed by atoms with Crippen LogP contribution in [0.2, 0.25) is 0 Å². The van der Waals surface area contributed by atoms with Gasteiger partial charge in [0, 0.05) is 23.2 Å². The number of benzene rings is 2. The quantitative estimate of drug-likeness (QED) is 0.351. The van der Waals surface area contributed by atoms with E-state index in [1.165, 1.54) is 24.3 Å². The number of nitriles is 1. The Hall–Kier alpha value is -2.83. The SMILES string of the molecule is CCP(=O)(CC)c1ccc(S(=O)(=O)Nc2cc(C(F)(F)F)ccc2C(=O)NC23CC4CC(CC(C#N)(C4)C2)C3)cc1. The number of halogens is 3. The molecule has 4 aliphatic rings. The number of carbonyl (C=O) groups is 1. The van der Waals surface area contributed by atoms with Crippen LogP contribution in [0.5, 0.6) is 0 Å². The standard InChI is InChI=1S/C29H33F3N3O4PS/c1-3-40(37,4-2)22-6-8-23(9-7-22)41(38,39)35-25-12-21(29(30,31)32)5-10-24(25)26(36)34-28-15-19-11-20(16-28)14-27(13-19,17-28)18-33/h5-10,12,19-20,35H,3-4,11,13-17H2,1-2H3,(H,34,36). The molecular weight excluding hydrogens is 574 g/mol. The number of hydrogen-bond donors (Lipinski definition) is 2. The van der Waals surface area contributed by atoms with Crippen LogP contribution in [0.25, 0.3) is 0 Å². The minimum atomic E-state index is -4.77. The molecule has 4 fully saturated rings. The molecule has 12 heteroatoms. The van der Waals surface area contributed by atoms with E-state index in [0.717, 1.165) is 31.4 Å². The first-order valence-corrected chi connectivity index (χ1v) is 17.4. The molecule has 2 atom stereocenters. The van der Waals surface area contributed by atoms with Gasteiger partial charge in [-0.25, -0.2) is 8.42 Å². The van der Waals surface area contributed by atoms with E-state index < -0.39 is 51.5 Å². The largest absolute Gasteiger partial charge is 0.416 e. The van der Waals surface area contributed by atoms with Gasteiger partial charge in [0.15, 0.2) is 0 Å². The van der Waals surface area contributed by atoms with Crippen molar-refractivity contribution in [3.63, 3.8) is 0 Å². The van der Waals surface area contributed by atoms with Crippen molar-refractivity contribution >= 4 is 34.1 Å². The second-order valence-corrected chi connectivity index (χ2v) is 17.2. The number of sulfonamides is 1. The molecule has 2 aromatic rings. The summed E-state index contributed by atoms with van der Waals surface area (Å²) in [5, 5.41) is 13.5. The molecule has 0 aliphatic heterocycles. The summed E-state index contributed by atoms with van der Waals surface area (Å²) in [4.78, 5) is 13.4. The second-order valence-electron chi connectivity index (χ2n) is 12.0. The summed E-state index contributed by atoms with van der Waals surface area (Å²) in [6.45, 7) is 3.58. The Labute approximate surface area is 238 Å². The maximum atomic E-state index is 13.6. The minimum Gasteiger partial charge on any atom is -0.346 e. The number of hydrogen-bond acceptors (Lipinski definition) is 5. The second kappa shape index (κ2) is 10.2. The third-order valence-corrected chi connectivity index (χ3v) is 13.8. The van der Waals surface area contributed by atoms with Crippen molar-refractivity contribution in [2.24, 2.45) is 17.3 Å². The molecule has 220 valence electrons. The minimum absolute atomic E-state index is 0.235. The van der Waals surface area contributed by atoms with E-state index in [1.807, 2.05) is 0 Å². The fraction of sp³-hybridized carbons (Fsp3) is 0.517. The maximum absolute atomic E-state index is 13.6. The number of alkyl halides is 3. The molecule has 0 radical (unpaired) electrons. The first-order chi connectivity index (χ1) is 19.2. The predicted molar refractivity (Wildman–Crippen MR) is 150 cm³/mol. The molecule has 0 aromatic heterocycles. The molecular formula is C29H33F3N3O4PS. The van der Waals surface area contributed by atoms with Gasteiger partial charge in [-0.2, -0.15) is 18.4 Å². The molecule has 1 amide bonds. The number of nitrogens with one attached hydrogen (secondary N) is 2. The van der Waals surface area contributed by atoms with Crippen LogP contribution < -0.4 is 15.3 Å². The predicted octanol–water partition coefficient (Wildman–Crippen LogP) is 6.13. The van der Waals surface area contributed by atoms with E-state index in [4.69, 9.17) is 0 Å². The molecule has 4 aliphatic carbocycles. The van der Waals surface area contributed by atoms with Gasteiger partial charge in [0.1, 0.15) is 7.14 Å². The molecule has 4 saturated carbocycles. The fourth-order valence-electron chi connectivity index (χ4n) is 7.54. The highest BCUT2D eigenvalue weighted by molar-refractivity contribution is 7.92. The van der Waals surface area contributed by atoms with Crippen LogP contribution in [-0.2, 0) is 20.8 Å². The monoisotopic (exact) mass is 607 g/mol. The van der Waals surface area contributed by atoms with E-state index in [-0.39, 0.29) is 10.5 Å². The Bertz CT molecular complexity index is 1540. The van der Waals surface area contributed by atoms with Crippen molar-refractivity contribution in [3.8, 4) is 6.07 Å². The van der Waals surface area contributed by atoms with Crippen LogP contribution in [-0.4, -0.2) is 32.2 Å². The molecule has 2 aromatic carbocycles. The van der Waals surface area contributed by atoms with Gasteiger partial charge in [-0.15, -0.1) is 0 Å². The molecule has 2 N–H and O–H groups in total. The zero-order valence-electron chi connectivity index (χ0n) is 22.9. The summed E-state index contributed by atoms with van der Waals surface area (Å²) in [5.74, 6) is -0.102. The molecule has 0 spiro atoms. The van der Waals surface area contributed by atoms with Gasteiger partial charge in [0.05, 0.1) is 33.2 Å². The van der Waals surface area contributed by atoms with Crippen LogP contribution in [0.4, 0.5) is 18.9 Å². The lowest BCUT2D eigenvalue weighted by Gasteiger charge is -2.59. The van der Waals surface area contributed by atoms with E-state index >= 15 is 0 Å². The lowest BCUT2D eigenvalue weighted by molar-refractivity contribution is -0.137. The van der Waals surface area contributed by atoms with E-state index in [1.54, 1.807) is 13.8 Å². The van der Waals surface area contributed by atoms with Crippen LogP contribution in [0.1, 0.15) is 68.3 Å². The summed E-state index contributed by atoms with van der Waals surface area (Å²) in [6.07, 6.45) is 0.473. The Balaban J connectivity index is 1.46. The summed E-state index contributed by atoms with van der Waals surface area (Å²) in [5.41, 5.74) is -3.01. The van der Waals surface area contributed by atoms with Crippen molar-refractivity contribution in [2.75, 3.05) is 17.0 Å². The number of rotatable bonds is 8. The lowest BCUT2D eigenvalue weighted by Crippen LogP contribution is -2.62. The van der Waals surface area contributed by atoms with Crippen LogP contribution >= 0.6 is 7.14 Å². The average Bonchev–Trinajstić information content (AvgIpc) is 2.91. The van der Waals surface area contributed by atoms with Gasteiger partial charge in [-0.1, -0.05) is 26.0 Å². The van der Waals surface area contributed by atoms with Gasteiger partial charge in [-0.3, -0.25) is 9.52 Å². The smallest absolute Gasteiger partial charge is 0.346 e. The first kappa shape index (κ1) is 29.7. The van der Waals surface area contributed by atoms with Crippen molar-refractivity contribution in [1.29, 1.82) is 5.26 Å². The number of amides is 1. The van der Waals surface area contributed by atoms with Gasteiger partial charge >= 0.3 is 6.18 Å². The highest BCUT2D eigenvalue weighted by Crippen LogP contribution is 2.61. The summed E-state index contributed by atoms with van der Waals surface area (Å²) >= 11 is 0. The number of carbonyl (C=O) groups excluding carboxylic acids is 1. The van der Waals surface area contributed by atoms with Crippen molar-refractivity contribution in [3.05, 3.63) is 53.6 Å². The average molecular weight is 608 g/mol. The Morgan fingerprint density at radius 3 is 2.20 bits per heavy atom.